The van der Waals surface area contributed by atoms with Gasteiger partial charge in [-0.3, -0.25) is 0 Å². The smallest absolute Gasteiger partial charge is 0.407 e. The molecule has 0 bridgehead atoms. The van der Waals surface area contributed by atoms with Gasteiger partial charge in [-0.15, -0.1) is 0 Å². The van der Waals surface area contributed by atoms with Crippen molar-refractivity contribution in [2.75, 3.05) is 18.9 Å². The highest BCUT2D eigenvalue weighted by atomic mass is 35.5. The van der Waals surface area contributed by atoms with Crippen LogP contribution in [0.15, 0.2) is 66.7 Å². The number of benzene rings is 3. The van der Waals surface area contributed by atoms with Crippen molar-refractivity contribution >= 4 is 23.4 Å². The molecule has 0 fully saturated rings. The second kappa shape index (κ2) is 8.94. The number of rotatable bonds is 4. The lowest BCUT2D eigenvalue weighted by molar-refractivity contribution is 0.143. The summed E-state index contributed by atoms with van der Waals surface area (Å²) in [6.45, 7) is 0.689. The number of anilines is 1. The quantitative estimate of drug-likeness (QED) is 0.349. The SMILES string of the molecule is Nc1ccc(Cl)c(C#CCCNC(=O)OCC2c3ccccc3-c3ccccc32)c1. The molecule has 0 aromatic heterocycles. The van der Waals surface area contributed by atoms with Crippen molar-refractivity contribution in [3.63, 3.8) is 0 Å². The lowest BCUT2D eigenvalue weighted by Crippen LogP contribution is -2.26. The minimum atomic E-state index is -0.444. The second-order valence-corrected chi connectivity index (χ2v) is 7.45. The van der Waals surface area contributed by atoms with Crippen LogP contribution in [0.25, 0.3) is 11.1 Å². The van der Waals surface area contributed by atoms with Crippen LogP contribution in [0.4, 0.5) is 10.5 Å². The van der Waals surface area contributed by atoms with E-state index in [2.05, 4.69) is 41.4 Å². The summed E-state index contributed by atoms with van der Waals surface area (Å²) in [6.07, 6.45) is 0.0376. The number of nitrogens with one attached hydrogen (secondary N) is 1. The Hall–Kier alpha value is -3.42. The number of hydrogen-bond acceptors (Lipinski definition) is 3. The fraction of sp³-hybridized carbons (Fsp3) is 0.160. The molecule has 4 nitrogen and oxygen atoms in total. The normalized spacial score (nSPS) is 11.8. The number of carbonyl (C=O) groups is 1. The van der Waals surface area contributed by atoms with Crippen molar-refractivity contribution in [3.05, 3.63) is 88.4 Å². The summed E-state index contributed by atoms with van der Waals surface area (Å²) in [7, 11) is 0. The minimum absolute atomic E-state index is 0.0497. The maximum absolute atomic E-state index is 12.1. The molecule has 0 heterocycles. The molecule has 5 heteroatoms. The van der Waals surface area contributed by atoms with Crippen molar-refractivity contribution in [2.24, 2.45) is 0 Å². The molecule has 0 unspecified atom stereocenters. The van der Waals surface area contributed by atoms with Crippen LogP contribution < -0.4 is 11.1 Å². The molecule has 1 amide bonds. The van der Waals surface area contributed by atoms with Crippen LogP contribution in [-0.2, 0) is 4.74 Å². The first-order chi connectivity index (χ1) is 14.6. The molecule has 0 atom stereocenters. The molecule has 150 valence electrons. The van der Waals surface area contributed by atoms with Gasteiger partial charge in [0, 0.05) is 30.1 Å². The Morgan fingerprint density at radius 1 is 1.03 bits per heavy atom. The monoisotopic (exact) mass is 416 g/mol. The maximum Gasteiger partial charge on any atom is 0.407 e. The number of fused-ring (bicyclic) bond motifs is 3. The molecule has 4 rings (SSSR count). The molecule has 0 aliphatic heterocycles. The predicted molar refractivity (Wildman–Crippen MR) is 120 cm³/mol. The van der Waals surface area contributed by atoms with E-state index in [1.807, 2.05) is 24.3 Å². The lowest BCUT2D eigenvalue weighted by Gasteiger charge is -2.14. The van der Waals surface area contributed by atoms with Gasteiger partial charge in [0.05, 0.1) is 5.02 Å². The van der Waals surface area contributed by atoms with Crippen molar-refractivity contribution < 1.29 is 9.53 Å². The number of alkyl carbamates (subject to hydrolysis) is 1. The van der Waals surface area contributed by atoms with Gasteiger partial charge in [0.15, 0.2) is 0 Å². The molecular formula is C25H21ClN2O2. The Morgan fingerprint density at radius 3 is 2.40 bits per heavy atom. The summed E-state index contributed by atoms with van der Waals surface area (Å²) in [4.78, 5) is 12.1. The molecule has 1 aliphatic carbocycles. The van der Waals surface area contributed by atoms with Gasteiger partial charge < -0.3 is 15.8 Å². The average Bonchev–Trinajstić information content (AvgIpc) is 3.08. The lowest BCUT2D eigenvalue weighted by atomic mass is 9.98. The molecule has 1 aliphatic rings. The Balaban J connectivity index is 1.30. The van der Waals surface area contributed by atoms with Crippen LogP contribution >= 0.6 is 11.6 Å². The molecule has 3 N–H and O–H groups in total. The second-order valence-electron chi connectivity index (χ2n) is 7.04. The van der Waals surface area contributed by atoms with E-state index in [9.17, 15) is 4.79 Å². The zero-order valence-electron chi connectivity index (χ0n) is 16.3. The Kier molecular flexibility index (Phi) is 5.92. The largest absolute Gasteiger partial charge is 0.449 e. The first kappa shape index (κ1) is 19.9. The van der Waals surface area contributed by atoms with Crippen molar-refractivity contribution in [3.8, 4) is 23.0 Å². The Labute approximate surface area is 181 Å². The third-order valence-corrected chi connectivity index (χ3v) is 5.41. The molecule has 0 saturated carbocycles. The molecule has 3 aromatic carbocycles. The van der Waals surface area contributed by atoms with Gasteiger partial charge in [0.1, 0.15) is 6.61 Å². The maximum atomic E-state index is 12.1. The van der Waals surface area contributed by atoms with Gasteiger partial charge in [-0.25, -0.2) is 4.79 Å². The number of nitrogens with two attached hydrogens (primary N) is 1. The van der Waals surface area contributed by atoms with E-state index in [-0.39, 0.29) is 5.92 Å². The number of hydrogen-bond donors (Lipinski definition) is 2. The van der Waals surface area contributed by atoms with Gasteiger partial charge in [-0.1, -0.05) is 72.0 Å². The van der Waals surface area contributed by atoms with Crippen LogP contribution in [0, 0.1) is 11.8 Å². The summed E-state index contributed by atoms with van der Waals surface area (Å²) >= 11 is 6.09. The topological polar surface area (TPSA) is 64.3 Å². The standard InChI is InChI=1S/C25H21ClN2O2/c26-24-13-12-18(27)15-17(24)7-5-6-14-28-25(29)30-16-23-21-10-3-1-8-19(21)20-9-2-4-11-22(20)23/h1-4,8-13,15,23H,6,14,16,27H2,(H,28,29). The fourth-order valence-electron chi connectivity index (χ4n) is 3.67. The Morgan fingerprint density at radius 2 is 1.70 bits per heavy atom. The molecule has 3 aromatic rings. The highest BCUT2D eigenvalue weighted by molar-refractivity contribution is 6.31. The number of ether oxygens (including phenoxy) is 1. The highest BCUT2D eigenvalue weighted by Gasteiger charge is 2.28. The van der Waals surface area contributed by atoms with Crippen LogP contribution in [0.1, 0.15) is 29.0 Å². The van der Waals surface area contributed by atoms with Gasteiger partial charge in [-0.05, 0) is 40.5 Å². The molecule has 30 heavy (non-hydrogen) atoms. The third kappa shape index (κ3) is 4.27. The van der Waals surface area contributed by atoms with Crippen LogP contribution in [0.3, 0.4) is 0 Å². The first-order valence-corrected chi connectivity index (χ1v) is 10.1. The zero-order chi connectivity index (χ0) is 20.9. The van der Waals surface area contributed by atoms with E-state index < -0.39 is 6.09 Å². The highest BCUT2D eigenvalue weighted by Crippen LogP contribution is 2.44. The summed E-state index contributed by atoms with van der Waals surface area (Å²) in [5.41, 5.74) is 11.8. The third-order valence-electron chi connectivity index (χ3n) is 5.08. The number of carbonyl (C=O) groups excluding carboxylic acids is 1. The fourth-order valence-corrected chi connectivity index (χ4v) is 3.84. The van der Waals surface area contributed by atoms with Crippen LogP contribution in [-0.4, -0.2) is 19.2 Å². The molecule has 0 spiro atoms. The van der Waals surface area contributed by atoms with E-state index in [1.165, 1.54) is 22.3 Å². The zero-order valence-corrected chi connectivity index (χ0v) is 17.1. The molecule has 0 radical (unpaired) electrons. The number of halogens is 1. The first-order valence-electron chi connectivity index (χ1n) is 9.76. The Bertz CT molecular complexity index is 1100. The summed E-state index contributed by atoms with van der Waals surface area (Å²) in [5.74, 6) is 6.01. The summed E-state index contributed by atoms with van der Waals surface area (Å²) in [6, 6.07) is 21.7. The van der Waals surface area contributed by atoms with E-state index >= 15 is 0 Å². The van der Waals surface area contributed by atoms with E-state index in [4.69, 9.17) is 22.1 Å². The average molecular weight is 417 g/mol. The molecule has 0 saturated heterocycles. The van der Waals surface area contributed by atoms with Crippen LogP contribution in [0.2, 0.25) is 5.02 Å². The van der Waals surface area contributed by atoms with E-state index in [0.29, 0.717) is 35.8 Å². The summed E-state index contributed by atoms with van der Waals surface area (Å²) in [5, 5.41) is 3.30. The van der Waals surface area contributed by atoms with Gasteiger partial charge in [-0.2, -0.15) is 0 Å². The van der Waals surface area contributed by atoms with E-state index in [1.54, 1.807) is 18.2 Å². The van der Waals surface area contributed by atoms with Crippen LogP contribution in [0.5, 0.6) is 0 Å². The van der Waals surface area contributed by atoms with Crippen molar-refractivity contribution in [2.45, 2.75) is 12.3 Å². The van der Waals surface area contributed by atoms with Crippen molar-refractivity contribution in [1.82, 2.24) is 5.32 Å². The molecular weight excluding hydrogens is 396 g/mol. The van der Waals surface area contributed by atoms with Gasteiger partial charge >= 0.3 is 6.09 Å². The van der Waals surface area contributed by atoms with E-state index in [0.717, 1.165) is 0 Å². The summed E-state index contributed by atoms with van der Waals surface area (Å²) < 4.78 is 5.50. The number of nitrogen functional groups attached to an aromatic ring is 1. The van der Waals surface area contributed by atoms with Gasteiger partial charge in [0.2, 0.25) is 0 Å². The number of amides is 1. The minimum Gasteiger partial charge on any atom is -0.449 e. The predicted octanol–water partition coefficient (Wildman–Crippen LogP) is 5.20. The van der Waals surface area contributed by atoms with Gasteiger partial charge in [0.25, 0.3) is 0 Å². The van der Waals surface area contributed by atoms with Crippen molar-refractivity contribution in [1.29, 1.82) is 0 Å².